The second-order valence-corrected chi connectivity index (χ2v) is 6.23. The molecule has 2 fully saturated rings. The van der Waals surface area contributed by atoms with Crippen molar-refractivity contribution in [2.24, 2.45) is 0 Å². The van der Waals surface area contributed by atoms with Crippen molar-refractivity contribution in [3.8, 4) is 0 Å². The highest BCUT2D eigenvalue weighted by molar-refractivity contribution is 5.92. The number of aryl methyl sites for hydroxylation is 1. The highest BCUT2D eigenvalue weighted by atomic mass is 16.5. The van der Waals surface area contributed by atoms with Crippen LogP contribution in [-0.4, -0.2) is 66.1 Å². The van der Waals surface area contributed by atoms with E-state index in [9.17, 15) is 4.79 Å². The predicted molar refractivity (Wildman–Crippen MR) is 84.9 cm³/mol. The van der Waals surface area contributed by atoms with Crippen LogP contribution in [0.5, 0.6) is 0 Å². The van der Waals surface area contributed by atoms with Gasteiger partial charge in [0, 0.05) is 37.9 Å². The van der Waals surface area contributed by atoms with E-state index in [2.05, 4.69) is 9.88 Å². The molecule has 5 nitrogen and oxygen atoms in total. The number of hydrogen-bond donors (Lipinski definition) is 0. The molecular weight excluding hydrogens is 278 g/mol. The average Bonchev–Trinajstić information content (AvgIpc) is 2.56. The fraction of sp³-hybridized carbons (Fsp3) is 0.647. The van der Waals surface area contributed by atoms with E-state index < -0.39 is 0 Å². The number of likely N-dealkylation sites (tertiary alicyclic amines) is 1. The van der Waals surface area contributed by atoms with E-state index in [-0.39, 0.29) is 5.91 Å². The third-order valence-corrected chi connectivity index (χ3v) is 4.57. The van der Waals surface area contributed by atoms with Crippen LogP contribution in [0.2, 0.25) is 0 Å². The minimum absolute atomic E-state index is 0.0849. The molecule has 5 heteroatoms. The molecule has 1 aromatic rings. The van der Waals surface area contributed by atoms with Crippen LogP contribution in [0.1, 0.15) is 35.4 Å². The number of aromatic nitrogens is 1. The van der Waals surface area contributed by atoms with Gasteiger partial charge in [0.05, 0.1) is 13.2 Å². The first-order chi connectivity index (χ1) is 10.7. The van der Waals surface area contributed by atoms with E-state index >= 15 is 0 Å². The van der Waals surface area contributed by atoms with Gasteiger partial charge in [0.15, 0.2) is 0 Å². The Morgan fingerprint density at radius 2 is 2.09 bits per heavy atom. The molecule has 0 radical (unpaired) electrons. The second kappa shape index (κ2) is 7.20. The molecule has 0 unspecified atom stereocenters. The van der Waals surface area contributed by atoms with Crippen molar-refractivity contribution in [3.63, 3.8) is 0 Å². The number of pyridine rings is 1. The lowest BCUT2D eigenvalue weighted by Crippen LogP contribution is -2.51. The van der Waals surface area contributed by atoms with Crippen LogP contribution in [-0.2, 0) is 4.74 Å². The van der Waals surface area contributed by atoms with Gasteiger partial charge in [-0.2, -0.15) is 0 Å². The van der Waals surface area contributed by atoms with E-state index in [4.69, 9.17) is 4.74 Å². The summed E-state index contributed by atoms with van der Waals surface area (Å²) in [6, 6.07) is 5.98. The maximum Gasteiger partial charge on any atom is 0.272 e. The first kappa shape index (κ1) is 15.4. The van der Waals surface area contributed by atoms with Crippen molar-refractivity contribution in [3.05, 3.63) is 29.6 Å². The van der Waals surface area contributed by atoms with Gasteiger partial charge in [0.1, 0.15) is 5.69 Å². The number of ether oxygens (including phenoxy) is 1. The molecule has 2 saturated heterocycles. The predicted octanol–water partition coefficient (Wildman–Crippen LogP) is 1.72. The van der Waals surface area contributed by atoms with Crippen LogP contribution in [0.3, 0.4) is 0 Å². The van der Waals surface area contributed by atoms with Crippen LogP contribution < -0.4 is 0 Å². The van der Waals surface area contributed by atoms with Crippen molar-refractivity contribution in [2.45, 2.75) is 32.2 Å². The van der Waals surface area contributed by atoms with Gasteiger partial charge in [-0.05, 0) is 38.3 Å². The Morgan fingerprint density at radius 1 is 1.27 bits per heavy atom. The molecule has 0 saturated carbocycles. The molecule has 0 aliphatic carbocycles. The minimum atomic E-state index is 0.0849. The summed E-state index contributed by atoms with van der Waals surface area (Å²) in [5.41, 5.74) is 1.47. The van der Waals surface area contributed by atoms with Crippen LogP contribution in [0.25, 0.3) is 0 Å². The molecule has 0 spiro atoms. The molecule has 2 aliphatic heterocycles. The van der Waals surface area contributed by atoms with Gasteiger partial charge >= 0.3 is 0 Å². The first-order valence-electron chi connectivity index (χ1n) is 8.29. The van der Waals surface area contributed by atoms with Gasteiger partial charge < -0.3 is 9.64 Å². The SMILES string of the molecule is Cc1cccc(C(=O)N2CCCC[C@H]2CN2CCOCC2)n1. The van der Waals surface area contributed by atoms with Gasteiger partial charge in [-0.3, -0.25) is 9.69 Å². The van der Waals surface area contributed by atoms with E-state index in [0.717, 1.165) is 57.9 Å². The zero-order valence-corrected chi connectivity index (χ0v) is 13.3. The molecule has 22 heavy (non-hydrogen) atoms. The Labute approximate surface area is 132 Å². The number of rotatable bonds is 3. The van der Waals surface area contributed by atoms with Crippen LogP contribution in [0.4, 0.5) is 0 Å². The maximum atomic E-state index is 12.8. The Bertz CT molecular complexity index is 514. The lowest BCUT2D eigenvalue weighted by Gasteiger charge is -2.39. The van der Waals surface area contributed by atoms with Gasteiger partial charge in [-0.1, -0.05) is 6.07 Å². The van der Waals surface area contributed by atoms with Crippen LogP contribution in [0, 0.1) is 6.92 Å². The summed E-state index contributed by atoms with van der Waals surface area (Å²) in [6.45, 7) is 7.30. The summed E-state index contributed by atoms with van der Waals surface area (Å²) in [4.78, 5) is 21.7. The molecule has 3 rings (SSSR count). The van der Waals surface area contributed by atoms with E-state index in [1.807, 2.05) is 30.0 Å². The maximum absolute atomic E-state index is 12.8. The summed E-state index contributed by atoms with van der Waals surface area (Å²) < 4.78 is 5.41. The Balaban J connectivity index is 1.70. The highest BCUT2D eigenvalue weighted by Crippen LogP contribution is 2.20. The Kier molecular flexibility index (Phi) is 5.05. The van der Waals surface area contributed by atoms with Crippen LogP contribution in [0.15, 0.2) is 18.2 Å². The van der Waals surface area contributed by atoms with Gasteiger partial charge in [0.25, 0.3) is 5.91 Å². The van der Waals surface area contributed by atoms with Crippen molar-refractivity contribution in [2.75, 3.05) is 39.4 Å². The number of piperidine rings is 1. The van der Waals surface area contributed by atoms with Crippen molar-refractivity contribution >= 4 is 5.91 Å². The largest absolute Gasteiger partial charge is 0.379 e. The molecule has 1 amide bonds. The second-order valence-electron chi connectivity index (χ2n) is 6.23. The lowest BCUT2D eigenvalue weighted by atomic mass is 10.0. The molecule has 0 aromatic carbocycles. The number of amides is 1. The third-order valence-electron chi connectivity index (χ3n) is 4.57. The standard InChI is InChI=1S/C17H25N3O2/c1-14-5-4-7-16(18-14)17(21)20-8-3-2-6-15(20)13-19-9-11-22-12-10-19/h4-5,7,15H,2-3,6,8-13H2,1H3/t15-/m0/s1. The topological polar surface area (TPSA) is 45.7 Å². The highest BCUT2D eigenvalue weighted by Gasteiger charge is 2.29. The van der Waals surface area contributed by atoms with E-state index in [0.29, 0.717) is 11.7 Å². The number of hydrogen-bond acceptors (Lipinski definition) is 4. The number of nitrogens with zero attached hydrogens (tertiary/aromatic N) is 3. The fourth-order valence-electron chi connectivity index (χ4n) is 3.35. The van der Waals surface area contributed by atoms with E-state index in [1.165, 1.54) is 6.42 Å². The normalized spacial score (nSPS) is 23.5. The van der Waals surface area contributed by atoms with Gasteiger partial charge in [-0.25, -0.2) is 4.98 Å². The molecule has 0 bridgehead atoms. The fourth-order valence-corrected chi connectivity index (χ4v) is 3.35. The van der Waals surface area contributed by atoms with Gasteiger partial charge in [-0.15, -0.1) is 0 Å². The summed E-state index contributed by atoms with van der Waals surface area (Å²) in [6.07, 6.45) is 3.39. The average molecular weight is 303 g/mol. The minimum Gasteiger partial charge on any atom is -0.379 e. The summed E-state index contributed by atoms with van der Waals surface area (Å²) in [5, 5.41) is 0. The summed E-state index contributed by atoms with van der Waals surface area (Å²) >= 11 is 0. The molecule has 3 heterocycles. The first-order valence-corrected chi connectivity index (χ1v) is 8.29. The molecular formula is C17H25N3O2. The Hall–Kier alpha value is -1.46. The zero-order valence-electron chi connectivity index (χ0n) is 13.3. The Morgan fingerprint density at radius 3 is 2.86 bits per heavy atom. The number of carbonyl (C=O) groups excluding carboxylic acids is 1. The smallest absolute Gasteiger partial charge is 0.272 e. The van der Waals surface area contributed by atoms with E-state index in [1.54, 1.807) is 0 Å². The number of morpholine rings is 1. The molecule has 2 aliphatic rings. The zero-order chi connectivity index (χ0) is 15.4. The van der Waals surface area contributed by atoms with Crippen molar-refractivity contribution < 1.29 is 9.53 Å². The van der Waals surface area contributed by atoms with Crippen molar-refractivity contribution in [1.29, 1.82) is 0 Å². The molecule has 1 atom stereocenters. The summed E-state index contributed by atoms with van der Waals surface area (Å²) in [5.74, 6) is 0.0849. The van der Waals surface area contributed by atoms with Crippen LogP contribution >= 0.6 is 0 Å². The molecule has 120 valence electrons. The molecule has 0 N–H and O–H groups in total. The lowest BCUT2D eigenvalue weighted by molar-refractivity contribution is 0.0164. The monoisotopic (exact) mass is 303 g/mol. The third kappa shape index (κ3) is 3.65. The summed E-state index contributed by atoms with van der Waals surface area (Å²) in [7, 11) is 0. The number of carbonyl (C=O) groups is 1. The van der Waals surface area contributed by atoms with Gasteiger partial charge in [0.2, 0.25) is 0 Å². The molecule has 1 aromatic heterocycles. The quantitative estimate of drug-likeness (QED) is 0.853. The van der Waals surface area contributed by atoms with Crippen molar-refractivity contribution in [1.82, 2.24) is 14.8 Å².